The van der Waals surface area contributed by atoms with Crippen LogP contribution in [0.15, 0.2) is 29.8 Å². The minimum atomic E-state index is -0.665. The van der Waals surface area contributed by atoms with E-state index in [4.69, 9.17) is 0 Å². The van der Waals surface area contributed by atoms with Crippen LogP contribution in [-0.2, 0) is 6.42 Å². The highest BCUT2D eigenvalue weighted by molar-refractivity contribution is 7.09. The lowest BCUT2D eigenvalue weighted by Gasteiger charge is -2.05. The first-order valence-corrected chi connectivity index (χ1v) is 5.71. The van der Waals surface area contributed by atoms with Gasteiger partial charge in [-0.3, -0.25) is 0 Å². The molecule has 0 fully saturated rings. The molecule has 2 aromatic rings. The molecule has 0 spiro atoms. The summed E-state index contributed by atoms with van der Waals surface area (Å²) in [4.78, 5) is 4.86. The van der Waals surface area contributed by atoms with Crippen molar-refractivity contribution in [1.82, 2.24) is 4.98 Å². The zero-order valence-corrected chi connectivity index (χ0v) is 9.23. The zero-order valence-electron chi connectivity index (χ0n) is 8.41. The van der Waals surface area contributed by atoms with Crippen LogP contribution in [0.5, 0.6) is 0 Å². The molecule has 2 rings (SSSR count). The Labute approximate surface area is 96.0 Å². The number of aromatic nitrogens is 1. The lowest BCUT2D eigenvalue weighted by Crippen LogP contribution is -2.07. The Morgan fingerprint density at radius 2 is 2.25 bits per heavy atom. The van der Waals surface area contributed by atoms with E-state index in [2.05, 4.69) is 10.3 Å². The number of hydrogen-bond acceptors (Lipinski definition) is 3. The highest BCUT2D eigenvalue weighted by atomic mass is 32.1. The Hall–Kier alpha value is -1.49. The van der Waals surface area contributed by atoms with Crippen molar-refractivity contribution in [2.75, 3.05) is 11.9 Å². The highest BCUT2D eigenvalue weighted by Crippen LogP contribution is 2.12. The first-order chi connectivity index (χ1) is 7.75. The summed E-state index contributed by atoms with van der Waals surface area (Å²) in [5.41, 5.74) is 0. The van der Waals surface area contributed by atoms with Gasteiger partial charge in [0, 0.05) is 17.5 Å². The summed E-state index contributed by atoms with van der Waals surface area (Å²) in [6, 6.07) is 4.80. The SMILES string of the molecule is Fc1cnc(NCCc2cccs2)c(F)c1. The van der Waals surface area contributed by atoms with E-state index in [1.54, 1.807) is 11.3 Å². The van der Waals surface area contributed by atoms with E-state index in [9.17, 15) is 8.78 Å². The van der Waals surface area contributed by atoms with Crippen LogP contribution in [0.2, 0.25) is 0 Å². The fraction of sp³-hybridized carbons (Fsp3) is 0.182. The van der Waals surface area contributed by atoms with Crippen LogP contribution in [0, 0.1) is 11.6 Å². The molecule has 0 aromatic carbocycles. The van der Waals surface area contributed by atoms with Gasteiger partial charge in [-0.1, -0.05) is 6.07 Å². The number of hydrogen-bond donors (Lipinski definition) is 1. The van der Waals surface area contributed by atoms with Crippen LogP contribution in [0.4, 0.5) is 14.6 Å². The standard InChI is InChI=1S/C11H10F2N2S/c12-8-6-10(13)11(15-7-8)14-4-3-9-2-1-5-16-9/h1-2,5-7H,3-4H2,(H,14,15). The predicted molar refractivity (Wildman–Crippen MR) is 60.7 cm³/mol. The van der Waals surface area contributed by atoms with E-state index in [-0.39, 0.29) is 5.82 Å². The van der Waals surface area contributed by atoms with Crippen molar-refractivity contribution < 1.29 is 8.78 Å². The van der Waals surface area contributed by atoms with Gasteiger partial charge in [0.1, 0.15) is 5.82 Å². The van der Waals surface area contributed by atoms with Crippen molar-refractivity contribution in [2.45, 2.75) is 6.42 Å². The molecule has 0 aliphatic carbocycles. The first-order valence-electron chi connectivity index (χ1n) is 4.83. The van der Waals surface area contributed by atoms with Crippen molar-refractivity contribution in [3.05, 3.63) is 46.3 Å². The average molecular weight is 240 g/mol. The Morgan fingerprint density at radius 3 is 2.94 bits per heavy atom. The van der Waals surface area contributed by atoms with Crippen LogP contribution >= 0.6 is 11.3 Å². The Kier molecular flexibility index (Phi) is 3.46. The molecule has 0 aliphatic heterocycles. The van der Waals surface area contributed by atoms with Gasteiger partial charge >= 0.3 is 0 Å². The number of anilines is 1. The predicted octanol–water partition coefficient (Wildman–Crippen LogP) is 3.08. The minimum absolute atomic E-state index is 0.0953. The van der Waals surface area contributed by atoms with Crippen LogP contribution in [0.25, 0.3) is 0 Å². The third-order valence-electron chi connectivity index (χ3n) is 2.05. The second-order valence-electron chi connectivity index (χ2n) is 3.24. The summed E-state index contributed by atoms with van der Waals surface area (Å²) in [5.74, 6) is -1.23. The highest BCUT2D eigenvalue weighted by Gasteiger charge is 2.04. The molecule has 0 unspecified atom stereocenters. The van der Waals surface area contributed by atoms with E-state index >= 15 is 0 Å². The van der Waals surface area contributed by atoms with Gasteiger partial charge < -0.3 is 5.32 Å². The second kappa shape index (κ2) is 5.03. The van der Waals surface area contributed by atoms with Crippen molar-refractivity contribution in [3.63, 3.8) is 0 Å². The number of halogens is 2. The lowest BCUT2D eigenvalue weighted by atomic mass is 10.3. The molecule has 2 heterocycles. The maximum absolute atomic E-state index is 13.2. The van der Waals surface area contributed by atoms with E-state index in [1.807, 2.05) is 17.5 Å². The number of pyridine rings is 1. The molecule has 0 bridgehead atoms. The van der Waals surface area contributed by atoms with Gasteiger partial charge in [-0.2, -0.15) is 0 Å². The third kappa shape index (κ3) is 2.76. The second-order valence-corrected chi connectivity index (χ2v) is 4.27. The largest absolute Gasteiger partial charge is 0.367 e. The number of nitrogens with one attached hydrogen (secondary N) is 1. The summed E-state index contributed by atoms with van der Waals surface area (Å²) >= 11 is 1.65. The molecule has 16 heavy (non-hydrogen) atoms. The molecule has 5 heteroatoms. The van der Waals surface area contributed by atoms with E-state index in [0.29, 0.717) is 6.54 Å². The van der Waals surface area contributed by atoms with E-state index < -0.39 is 11.6 Å². The minimum Gasteiger partial charge on any atom is -0.367 e. The van der Waals surface area contributed by atoms with Gasteiger partial charge in [0.25, 0.3) is 0 Å². The van der Waals surface area contributed by atoms with E-state index in [0.717, 1.165) is 18.7 Å². The number of rotatable bonds is 4. The molecule has 2 nitrogen and oxygen atoms in total. The molecule has 1 N–H and O–H groups in total. The topological polar surface area (TPSA) is 24.9 Å². The average Bonchev–Trinajstić information content (AvgIpc) is 2.74. The maximum atomic E-state index is 13.2. The summed E-state index contributed by atoms with van der Waals surface area (Å²) in [7, 11) is 0. The Balaban J connectivity index is 1.90. The van der Waals surface area contributed by atoms with E-state index in [1.165, 1.54) is 4.88 Å². The van der Waals surface area contributed by atoms with Gasteiger partial charge in [0.2, 0.25) is 0 Å². The smallest absolute Gasteiger partial charge is 0.168 e. The molecule has 2 aromatic heterocycles. The molecular formula is C11H10F2N2S. The number of nitrogens with zero attached hydrogens (tertiary/aromatic N) is 1. The third-order valence-corrected chi connectivity index (χ3v) is 2.99. The fourth-order valence-electron chi connectivity index (χ4n) is 1.30. The van der Waals surface area contributed by atoms with Crippen LogP contribution in [0.3, 0.4) is 0 Å². The Morgan fingerprint density at radius 1 is 1.38 bits per heavy atom. The van der Waals surface area contributed by atoms with Crippen LogP contribution < -0.4 is 5.32 Å². The van der Waals surface area contributed by atoms with Crippen molar-refractivity contribution in [3.8, 4) is 0 Å². The van der Waals surface area contributed by atoms with Gasteiger partial charge in [0.05, 0.1) is 6.20 Å². The van der Waals surface area contributed by atoms with Crippen molar-refractivity contribution in [1.29, 1.82) is 0 Å². The molecule has 0 aliphatic rings. The molecule has 0 saturated carbocycles. The monoisotopic (exact) mass is 240 g/mol. The van der Waals surface area contributed by atoms with Crippen molar-refractivity contribution in [2.24, 2.45) is 0 Å². The number of thiophene rings is 1. The quantitative estimate of drug-likeness (QED) is 0.888. The first kappa shape index (κ1) is 11.0. The van der Waals surface area contributed by atoms with Crippen LogP contribution in [0.1, 0.15) is 4.88 Å². The summed E-state index contributed by atoms with van der Waals surface area (Å²) in [5, 5.41) is 4.82. The van der Waals surface area contributed by atoms with Crippen LogP contribution in [-0.4, -0.2) is 11.5 Å². The fourth-order valence-corrected chi connectivity index (χ4v) is 2.01. The van der Waals surface area contributed by atoms with Crippen molar-refractivity contribution >= 4 is 17.2 Å². The molecular weight excluding hydrogens is 230 g/mol. The molecule has 84 valence electrons. The lowest BCUT2D eigenvalue weighted by molar-refractivity contribution is 0.575. The summed E-state index contributed by atoms with van der Waals surface area (Å²) in [6.45, 7) is 0.579. The zero-order chi connectivity index (χ0) is 11.4. The van der Waals surface area contributed by atoms with Gasteiger partial charge in [-0.25, -0.2) is 13.8 Å². The Bertz CT molecular complexity index is 457. The maximum Gasteiger partial charge on any atom is 0.168 e. The summed E-state index contributed by atoms with van der Waals surface area (Å²) < 4.78 is 25.7. The van der Waals surface area contributed by atoms with Gasteiger partial charge in [-0.05, 0) is 17.9 Å². The molecule has 0 amide bonds. The molecule has 0 saturated heterocycles. The van der Waals surface area contributed by atoms with Gasteiger partial charge in [0.15, 0.2) is 11.6 Å². The molecule has 0 radical (unpaired) electrons. The van der Waals surface area contributed by atoms with Gasteiger partial charge in [-0.15, -0.1) is 11.3 Å². The summed E-state index contributed by atoms with van der Waals surface area (Å²) in [6.07, 6.45) is 1.80. The molecule has 0 atom stereocenters. The normalized spacial score (nSPS) is 10.4.